The Labute approximate surface area is 280 Å². The number of hydrogen-bond acceptors (Lipinski definition) is 9. The molecule has 1 fully saturated rings. The fourth-order valence-electron chi connectivity index (χ4n) is 7.67. The van der Waals surface area contributed by atoms with Crippen LogP contribution in [0.2, 0.25) is 0 Å². The van der Waals surface area contributed by atoms with E-state index in [1.54, 1.807) is 36.1 Å². The predicted molar refractivity (Wildman–Crippen MR) is 181 cm³/mol. The molecule has 262 valence electrons. The number of carbonyl (C=O) groups excluding carboxylic acids is 1. The Balaban J connectivity index is 2.04. The van der Waals surface area contributed by atoms with Gasteiger partial charge in [0.15, 0.2) is 0 Å². The summed E-state index contributed by atoms with van der Waals surface area (Å²) < 4.78 is 19.5. The standard InChI is InChI=1S/C37H56N2O8/c1-7-18-39(35(43)44-9-3)32-24-30(38-47-36(4,5)6)28-22-25(14-10-12-19-40)27(15-11-13-20-41)33-29-23-26(42)16-17-31(29)46-37(32,34(28)33)45-21-8-2/h8,16-17,22-23,25,27,32-34,40-42H,2,7,9-15,18-21,24H2,1,3-6H3/t25-,27+,32-,33+,34+,37+/m0/s1. The van der Waals surface area contributed by atoms with Crippen molar-refractivity contribution in [3.05, 3.63) is 48.1 Å². The molecular formula is C37H56N2O8. The van der Waals surface area contributed by atoms with Crippen molar-refractivity contribution in [2.45, 2.75) is 109 Å². The summed E-state index contributed by atoms with van der Waals surface area (Å²) in [5.74, 6) is -0.965. The summed E-state index contributed by atoms with van der Waals surface area (Å²) >= 11 is 0. The third-order valence-corrected chi connectivity index (χ3v) is 9.43. The number of carbonyl (C=O) groups is 1. The van der Waals surface area contributed by atoms with Crippen LogP contribution in [0.3, 0.4) is 0 Å². The molecule has 6 atom stereocenters. The molecule has 1 heterocycles. The third kappa shape index (κ3) is 8.15. The number of unbranched alkanes of at least 4 members (excludes halogenated alkanes) is 2. The number of hydrogen-bond donors (Lipinski definition) is 3. The van der Waals surface area contributed by atoms with E-state index in [2.05, 4.69) is 12.7 Å². The van der Waals surface area contributed by atoms with Crippen LogP contribution in [-0.4, -0.2) is 82.4 Å². The average molecular weight is 657 g/mol. The van der Waals surface area contributed by atoms with E-state index in [1.807, 2.05) is 27.7 Å². The molecule has 0 aromatic heterocycles. The number of phenolic OH excluding ortho intramolecular Hbond substituents is 1. The van der Waals surface area contributed by atoms with Gasteiger partial charge in [-0.15, -0.1) is 6.58 Å². The highest BCUT2D eigenvalue weighted by molar-refractivity contribution is 6.03. The number of aliphatic hydroxyl groups is 2. The molecule has 0 spiro atoms. The van der Waals surface area contributed by atoms with Crippen molar-refractivity contribution in [3.8, 4) is 11.5 Å². The molecule has 3 N–H and O–H groups in total. The van der Waals surface area contributed by atoms with Crippen molar-refractivity contribution < 1.29 is 39.2 Å². The highest BCUT2D eigenvalue weighted by Crippen LogP contribution is 2.61. The zero-order valence-corrected chi connectivity index (χ0v) is 29.0. The second kappa shape index (κ2) is 16.3. The van der Waals surface area contributed by atoms with Gasteiger partial charge in [0.05, 0.1) is 24.8 Å². The SMILES string of the molecule is C=CCO[C@@]12Oc3ccc(O)cc3[C@H]3[C@H](CCCCO)[C@@H](CCCCO)C=C(C(=NOC(C)(C)C)C[C@@H]1N(CCC)C(=O)OCC)[C@H]32. The first kappa shape index (κ1) is 36.8. The molecule has 3 aliphatic rings. The Bertz CT molecular complexity index is 1270. The molecule has 0 unspecified atom stereocenters. The summed E-state index contributed by atoms with van der Waals surface area (Å²) in [7, 11) is 0. The van der Waals surface area contributed by atoms with E-state index < -0.39 is 29.4 Å². The molecular weight excluding hydrogens is 600 g/mol. The van der Waals surface area contributed by atoms with Gasteiger partial charge in [-0.25, -0.2) is 4.79 Å². The van der Waals surface area contributed by atoms with E-state index in [1.165, 1.54) is 0 Å². The first-order valence-electron chi connectivity index (χ1n) is 17.4. The average Bonchev–Trinajstić information content (AvgIpc) is 3.03. The largest absolute Gasteiger partial charge is 0.508 e. The van der Waals surface area contributed by atoms with Crippen LogP contribution in [0.4, 0.5) is 4.79 Å². The van der Waals surface area contributed by atoms with Gasteiger partial charge in [0.1, 0.15) is 23.1 Å². The van der Waals surface area contributed by atoms with E-state index in [0.29, 0.717) is 38.0 Å². The van der Waals surface area contributed by atoms with Gasteiger partial charge >= 0.3 is 6.09 Å². The van der Waals surface area contributed by atoms with Gasteiger partial charge in [0.25, 0.3) is 0 Å². The highest BCUT2D eigenvalue weighted by Gasteiger charge is 2.65. The highest BCUT2D eigenvalue weighted by atomic mass is 16.7. The van der Waals surface area contributed by atoms with E-state index >= 15 is 0 Å². The minimum atomic E-state index is -1.33. The van der Waals surface area contributed by atoms with Gasteiger partial charge in [0, 0.05) is 37.7 Å². The van der Waals surface area contributed by atoms with Gasteiger partial charge in [0.2, 0.25) is 5.79 Å². The number of aliphatic hydroxyl groups excluding tert-OH is 2. The van der Waals surface area contributed by atoms with Crippen molar-refractivity contribution in [1.82, 2.24) is 4.90 Å². The molecule has 1 aliphatic heterocycles. The fraction of sp³-hybridized carbons (Fsp3) is 0.676. The molecule has 10 heteroatoms. The number of oxime groups is 1. The molecule has 0 radical (unpaired) electrons. The Morgan fingerprint density at radius 1 is 1.15 bits per heavy atom. The Hall–Kier alpha value is -3.08. The molecule has 1 saturated carbocycles. The quantitative estimate of drug-likeness (QED) is 0.102. The lowest BCUT2D eigenvalue weighted by atomic mass is 9.55. The van der Waals surface area contributed by atoms with Gasteiger partial charge < -0.3 is 34.4 Å². The van der Waals surface area contributed by atoms with Gasteiger partial charge in [-0.3, -0.25) is 4.90 Å². The van der Waals surface area contributed by atoms with Gasteiger partial charge in [-0.05, 0) is 95.4 Å². The molecule has 1 aromatic rings. The number of aromatic hydroxyl groups is 1. The van der Waals surface area contributed by atoms with Crippen LogP contribution in [-0.2, 0) is 14.3 Å². The number of phenols is 1. The Morgan fingerprint density at radius 2 is 1.87 bits per heavy atom. The third-order valence-electron chi connectivity index (χ3n) is 9.43. The zero-order chi connectivity index (χ0) is 34.2. The van der Waals surface area contributed by atoms with Crippen molar-refractivity contribution in [1.29, 1.82) is 0 Å². The maximum atomic E-state index is 13.7. The molecule has 10 nitrogen and oxygen atoms in total. The number of allylic oxidation sites excluding steroid dienone is 1. The Morgan fingerprint density at radius 3 is 2.51 bits per heavy atom. The summed E-state index contributed by atoms with van der Waals surface area (Å²) in [5, 5.41) is 35.0. The predicted octanol–water partition coefficient (Wildman–Crippen LogP) is 6.69. The van der Waals surface area contributed by atoms with E-state index in [-0.39, 0.29) is 49.9 Å². The lowest BCUT2D eigenvalue weighted by Gasteiger charge is -2.59. The summed E-state index contributed by atoms with van der Waals surface area (Å²) in [6.45, 7) is 14.7. The van der Waals surface area contributed by atoms with Crippen LogP contribution in [0.5, 0.6) is 11.5 Å². The first-order valence-corrected chi connectivity index (χ1v) is 17.4. The summed E-state index contributed by atoms with van der Waals surface area (Å²) in [6.07, 6.45) is 9.29. The van der Waals surface area contributed by atoms with Crippen LogP contribution in [0, 0.1) is 17.8 Å². The number of nitrogens with zero attached hydrogens (tertiary/aromatic N) is 2. The fourth-order valence-corrected chi connectivity index (χ4v) is 7.67. The van der Waals surface area contributed by atoms with E-state index in [0.717, 1.165) is 42.5 Å². The van der Waals surface area contributed by atoms with Gasteiger partial charge in [-0.2, -0.15) is 0 Å². The molecule has 1 amide bonds. The smallest absolute Gasteiger partial charge is 0.410 e. The number of fused-ring (bicyclic) bond motifs is 2. The van der Waals surface area contributed by atoms with Crippen LogP contribution < -0.4 is 4.74 Å². The number of benzene rings is 1. The second-order valence-corrected chi connectivity index (χ2v) is 13.9. The zero-order valence-electron chi connectivity index (χ0n) is 29.0. The molecule has 0 bridgehead atoms. The van der Waals surface area contributed by atoms with E-state index in [4.69, 9.17) is 24.2 Å². The van der Waals surface area contributed by atoms with Gasteiger partial charge in [-0.1, -0.05) is 37.1 Å². The summed E-state index contributed by atoms with van der Waals surface area (Å²) in [4.78, 5) is 21.6. The molecule has 2 aliphatic carbocycles. The molecule has 1 aromatic carbocycles. The summed E-state index contributed by atoms with van der Waals surface area (Å²) in [6, 6.07) is 4.59. The van der Waals surface area contributed by atoms with Crippen molar-refractivity contribution in [3.63, 3.8) is 0 Å². The maximum absolute atomic E-state index is 13.7. The van der Waals surface area contributed by atoms with E-state index in [9.17, 15) is 20.1 Å². The number of rotatable bonds is 16. The van der Waals surface area contributed by atoms with Crippen LogP contribution >= 0.6 is 0 Å². The second-order valence-electron chi connectivity index (χ2n) is 13.9. The normalized spacial score (nSPS) is 27.3. The molecule has 47 heavy (non-hydrogen) atoms. The molecule has 4 rings (SSSR count). The van der Waals surface area contributed by atoms with Crippen molar-refractivity contribution >= 4 is 11.8 Å². The van der Waals surface area contributed by atoms with Crippen molar-refractivity contribution in [2.75, 3.05) is 33.0 Å². The summed E-state index contributed by atoms with van der Waals surface area (Å²) in [5.41, 5.74) is 2.02. The number of amides is 1. The first-order chi connectivity index (χ1) is 22.5. The Kier molecular flexibility index (Phi) is 12.8. The van der Waals surface area contributed by atoms with Crippen LogP contribution in [0.15, 0.2) is 47.7 Å². The van der Waals surface area contributed by atoms with Crippen molar-refractivity contribution in [2.24, 2.45) is 22.9 Å². The number of ether oxygens (including phenoxy) is 3. The lowest BCUT2D eigenvalue weighted by molar-refractivity contribution is -0.255. The lowest BCUT2D eigenvalue weighted by Crippen LogP contribution is -2.70. The van der Waals surface area contributed by atoms with Crippen LogP contribution in [0.1, 0.15) is 97.5 Å². The minimum absolute atomic E-state index is 0.0934. The minimum Gasteiger partial charge on any atom is -0.508 e. The molecule has 0 saturated heterocycles. The van der Waals surface area contributed by atoms with Crippen LogP contribution in [0.25, 0.3) is 0 Å². The monoisotopic (exact) mass is 656 g/mol. The maximum Gasteiger partial charge on any atom is 0.410 e. The topological polar surface area (TPSA) is 130 Å².